The molecule has 0 radical (unpaired) electrons. The number of carbonyl (C=O) groups is 1. The quantitative estimate of drug-likeness (QED) is 0.350. The second-order valence-electron chi connectivity index (χ2n) is 9.23. The molecule has 1 atom stereocenters. The van der Waals surface area contributed by atoms with Crippen molar-refractivity contribution in [2.45, 2.75) is 64.5 Å². The molecular weight excluding hydrogens is 506 g/mol. The van der Waals surface area contributed by atoms with E-state index in [9.17, 15) is 23.1 Å². The number of ether oxygens (including phenoxy) is 1. The van der Waals surface area contributed by atoms with E-state index in [1.807, 2.05) is 0 Å². The van der Waals surface area contributed by atoms with E-state index in [0.29, 0.717) is 11.4 Å². The number of aliphatic hydroxyl groups is 1. The van der Waals surface area contributed by atoms with Crippen molar-refractivity contribution in [2.75, 3.05) is 5.32 Å². The Morgan fingerprint density at radius 2 is 1.97 bits per heavy atom. The molecule has 1 aromatic carbocycles. The van der Waals surface area contributed by atoms with E-state index in [2.05, 4.69) is 20.6 Å². The predicted octanol–water partition coefficient (Wildman–Crippen LogP) is 5.52. The number of halogens is 5. The van der Waals surface area contributed by atoms with Crippen molar-refractivity contribution in [3.8, 4) is 17.0 Å². The van der Waals surface area contributed by atoms with Gasteiger partial charge in [0.25, 0.3) is 5.91 Å². The molecule has 1 saturated carbocycles. The molecular formula is C23H24ClF4N5O3. The summed E-state index contributed by atoms with van der Waals surface area (Å²) in [4.78, 5) is 13.0. The van der Waals surface area contributed by atoms with E-state index in [1.165, 1.54) is 6.07 Å². The average molecular weight is 530 g/mol. The summed E-state index contributed by atoms with van der Waals surface area (Å²) in [7, 11) is 0. The maximum Gasteiger partial charge on any atom is 0.425 e. The lowest BCUT2D eigenvalue weighted by atomic mass is 10.0. The Hall–Kier alpha value is -3.12. The van der Waals surface area contributed by atoms with Crippen LogP contribution in [-0.4, -0.2) is 43.3 Å². The Bertz CT molecular complexity index is 1290. The molecule has 1 unspecified atom stereocenters. The molecule has 1 fully saturated rings. The first-order valence-corrected chi connectivity index (χ1v) is 11.5. The van der Waals surface area contributed by atoms with Gasteiger partial charge >= 0.3 is 6.18 Å². The summed E-state index contributed by atoms with van der Waals surface area (Å²) < 4.78 is 61.9. The van der Waals surface area contributed by atoms with Gasteiger partial charge in [0.15, 0.2) is 6.10 Å². The summed E-state index contributed by atoms with van der Waals surface area (Å²) in [6, 6.07) is 3.30. The second-order valence-corrected chi connectivity index (χ2v) is 9.61. The van der Waals surface area contributed by atoms with E-state index in [1.54, 1.807) is 25.5 Å². The minimum absolute atomic E-state index is 0.00571. The number of aromatic nitrogens is 4. The fraction of sp³-hybridized carbons (Fsp3) is 0.435. The Morgan fingerprint density at radius 1 is 1.31 bits per heavy atom. The van der Waals surface area contributed by atoms with Crippen LogP contribution in [0.15, 0.2) is 18.2 Å². The standard InChI is InChI=1S/C23H24ClF4N5O3/c1-10-19(20(24)31-30-10)29-21(34)14-7-15(25)13(8-17(14)36-11(2)23(26,27)28)16-9-18(22(3,4)35)33(32-16)12-5-6-12/h7-9,11-12,35H,5-6H2,1-4H3,(H,29,34)(H,30,31). The van der Waals surface area contributed by atoms with Gasteiger partial charge in [-0.05, 0) is 58.7 Å². The van der Waals surface area contributed by atoms with E-state index < -0.39 is 40.9 Å². The first-order chi connectivity index (χ1) is 16.7. The molecule has 3 aromatic rings. The number of aromatic amines is 1. The molecule has 1 aliphatic carbocycles. The summed E-state index contributed by atoms with van der Waals surface area (Å²) in [5.41, 5.74) is -1.03. The number of rotatable bonds is 7. The van der Waals surface area contributed by atoms with Crippen LogP contribution < -0.4 is 10.1 Å². The Balaban J connectivity index is 1.80. The van der Waals surface area contributed by atoms with E-state index in [4.69, 9.17) is 16.3 Å². The molecule has 1 aliphatic rings. The number of H-pyrrole nitrogens is 1. The number of aryl methyl sites for hydroxylation is 1. The van der Waals surface area contributed by atoms with Gasteiger partial charge in [0, 0.05) is 5.56 Å². The summed E-state index contributed by atoms with van der Waals surface area (Å²) in [6.07, 6.45) is -5.37. The highest BCUT2D eigenvalue weighted by Gasteiger charge is 2.39. The van der Waals surface area contributed by atoms with Crippen LogP contribution in [0.25, 0.3) is 11.3 Å². The number of anilines is 1. The van der Waals surface area contributed by atoms with Gasteiger partial charge in [-0.2, -0.15) is 23.4 Å². The Labute approximate surface area is 208 Å². The van der Waals surface area contributed by atoms with Crippen molar-refractivity contribution in [3.63, 3.8) is 0 Å². The number of hydrogen-bond acceptors (Lipinski definition) is 5. The monoisotopic (exact) mass is 529 g/mol. The van der Waals surface area contributed by atoms with Gasteiger partial charge in [0.2, 0.25) is 0 Å². The van der Waals surface area contributed by atoms with Gasteiger partial charge in [-0.25, -0.2) is 4.39 Å². The number of benzene rings is 1. The molecule has 0 spiro atoms. The normalized spacial score (nSPS) is 15.2. The summed E-state index contributed by atoms with van der Waals surface area (Å²) in [6.45, 7) is 5.43. The second kappa shape index (κ2) is 9.07. The smallest absolute Gasteiger partial charge is 0.425 e. The highest BCUT2D eigenvalue weighted by atomic mass is 35.5. The van der Waals surface area contributed by atoms with Crippen LogP contribution in [0.5, 0.6) is 5.75 Å². The van der Waals surface area contributed by atoms with Crippen LogP contribution in [0.1, 0.15) is 61.4 Å². The van der Waals surface area contributed by atoms with Crippen molar-refractivity contribution in [3.05, 3.63) is 46.1 Å². The highest BCUT2D eigenvalue weighted by Crippen LogP contribution is 2.41. The van der Waals surface area contributed by atoms with Gasteiger partial charge in [-0.1, -0.05) is 11.6 Å². The highest BCUT2D eigenvalue weighted by molar-refractivity contribution is 6.33. The molecule has 4 rings (SSSR count). The van der Waals surface area contributed by atoms with Crippen LogP contribution in [-0.2, 0) is 5.60 Å². The van der Waals surface area contributed by atoms with Gasteiger partial charge in [-0.15, -0.1) is 0 Å². The SMILES string of the molecule is Cc1n[nH]c(Cl)c1NC(=O)c1cc(F)c(-c2cc(C(C)(C)O)n(C3CC3)n2)cc1OC(C)C(F)(F)F. The molecule has 1 amide bonds. The maximum absolute atomic E-state index is 15.3. The van der Waals surface area contributed by atoms with Crippen LogP contribution in [0, 0.1) is 12.7 Å². The van der Waals surface area contributed by atoms with E-state index in [0.717, 1.165) is 31.9 Å². The van der Waals surface area contributed by atoms with Gasteiger partial charge in [-0.3, -0.25) is 14.6 Å². The zero-order chi connectivity index (χ0) is 26.6. The zero-order valence-corrected chi connectivity index (χ0v) is 20.6. The van der Waals surface area contributed by atoms with Crippen LogP contribution >= 0.6 is 11.6 Å². The Morgan fingerprint density at radius 3 is 2.50 bits per heavy atom. The lowest BCUT2D eigenvalue weighted by molar-refractivity contribution is -0.189. The molecule has 0 saturated heterocycles. The van der Waals surface area contributed by atoms with Gasteiger partial charge in [0.1, 0.15) is 28.0 Å². The van der Waals surface area contributed by atoms with Crippen molar-refractivity contribution in [1.29, 1.82) is 0 Å². The first-order valence-electron chi connectivity index (χ1n) is 11.1. The van der Waals surface area contributed by atoms with Gasteiger partial charge < -0.3 is 15.2 Å². The maximum atomic E-state index is 15.3. The molecule has 8 nitrogen and oxygen atoms in total. The summed E-state index contributed by atoms with van der Waals surface area (Å²) >= 11 is 5.96. The third-order valence-electron chi connectivity index (χ3n) is 5.75. The third kappa shape index (κ3) is 5.19. The number of nitrogens with one attached hydrogen (secondary N) is 2. The van der Waals surface area contributed by atoms with Crippen molar-refractivity contribution < 1.29 is 32.2 Å². The molecule has 13 heteroatoms. The van der Waals surface area contributed by atoms with Gasteiger partial charge in [0.05, 0.1) is 28.7 Å². The molecule has 3 N–H and O–H groups in total. The molecule has 36 heavy (non-hydrogen) atoms. The van der Waals surface area contributed by atoms with Crippen LogP contribution in [0.4, 0.5) is 23.2 Å². The summed E-state index contributed by atoms with van der Waals surface area (Å²) in [5, 5.41) is 23.7. The number of nitrogens with zero attached hydrogens (tertiary/aromatic N) is 3. The average Bonchev–Trinajstić information content (AvgIpc) is 3.44. The molecule has 2 aromatic heterocycles. The first kappa shape index (κ1) is 26.0. The molecule has 0 aliphatic heterocycles. The lowest BCUT2D eigenvalue weighted by Gasteiger charge is -2.20. The molecule has 0 bridgehead atoms. The molecule has 2 heterocycles. The topological polar surface area (TPSA) is 105 Å². The minimum atomic E-state index is -4.74. The fourth-order valence-corrected chi connectivity index (χ4v) is 3.82. The fourth-order valence-electron chi connectivity index (χ4n) is 3.59. The Kier molecular flexibility index (Phi) is 6.54. The minimum Gasteiger partial charge on any atom is -0.480 e. The van der Waals surface area contributed by atoms with Crippen molar-refractivity contribution in [1.82, 2.24) is 20.0 Å². The van der Waals surface area contributed by atoms with E-state index in [-0.39, 0.29) is 28.1 Å². The largest absolute Gasteiger partial charge is 0.480 e. The summed E-state index contributed by atoms with van der Waals surface area (Å²) in [5.74, 6) is -2.36. The number of amides is 1. The lowest BCUT2D eigenvalue weighted by Crippen LogP contribution is -2.32. The third-order valence-corrected chi connectivity index (χ3v) is 6.02. The van der Waals surface area contributed by atoms with Crippen LogP contribution in [0.3, 0.4) is 0 Å². The number of carbonyl (C=O) groups excluding carboxylic acids is 1. The van der Waals surface area contributed by atoms with Crippen molar-refractivity contribution in [2.24, 2.45) is 0 Å². The number of hydrogen-bond donors (Lipinski definition) is 3. The predicted molar refractivity (Wildman–Crippen MR) is 124 cm³/mol. The van der Waals surface area contributed by atoms with Crippen LogP contribution in [0.2, 0.25) is 5.15 Å². The van der Waals surface area contributed by atoms with Crippen molar-refractivity contribution >= 4 is 23.2 Å². The zero-order valence-electron chi connectivity index (χ0n) is 19.8. The number of alkyl halides is 3. The molecule has 194 valence electrons. The van der Waals surface area contributed by atoms with E-state index >= 15 is 4.39 Å².